The number of hydrogen-bond donors (Lipinski definition) is 28. The molecule has 0 radical (unpaired) electrons. The van der Waals surface area contributed by atoms with Gasteiger partial charge < -0.3 is 68.2 Å². The number of methoxy groups -OCH3 is 2. The lowest BCUT2D eigenvalue weighted by Crippen LogP contribution is -2.39. The van der Waals surface area contributed by atoms with Gasteiger partial charge in [-0.1, -0.05) is 75.9 Å². The predicted molar refractivity (Wildman–Crippen MR) is 453 cm³/mol. The highest BCUT2D eigenvalue weighted by Gasteiger charge is 2.34. The molecular formula is C64H122N18O38P8. The van der Waals surface area contributed by atoms with Crippen molar-refractivity contribution in [2.24, 2.45) is 0 Å². The van der Waals surface area contributed by atoms with Crippen LogP contribution in [0.5, 0.6) is 11.5 Å². The second-order valence-corrected chi connectivity index (χ2v) is 43.7. The van der Waals surface area contributed by atoms with E-state index >= 15 is 0 Å². The average Bonchev–Trinajstić information content (AvgIpc) is 0.891. The number of hydrogen-bond acceptors (Lipinski definition) is 36. The molecule has 0 saturated heterocycles. The van der Waals surface area contributed by atoms with Gasteiger partial charge in [-0.05, 0) is 85.3 Å². The van der Waals surface area contributed by atoms with Crippen LogP contribution in [0.15, 0.2) is 97.6 Å². The maximum atomic E-state index is 11.8. The van der Waals surface area contributed by atoms with E-state index in [0.717, 1.165) is 26.2 Å². The normalized spacial score (nSPS) is 14.8. The molecule has 2 aromatic heterocycles. The molecular weight excluding hydrogens is 1880 g/mol. The lowest BCUT2D eigenvalue weighted by molar-refractivity contribution is -0.164. The molecule has 736 valence electrons. The molecule has 0 spiro atoms. The Balaban J connectivity index is -0.000000689. The average molecular weight is 2000 g/mol. The number of unbranched alkanes of at least 4 members (excludes halogenated alkanes) is 2. The number of ether oxygens (including phenoxy) is 2. The molecule has 2 aromatic carbocycles. The maximum absolute atomic E-state index is 11.8. The van der Waals surface area contributed by atoms with E-state index in [1.165, 1.54) is 105 Å². The van der Waals surface area contributed by atoms with Crippen molar-refractivity contribution in [1.29, 1.82) is 0 Å². The van der Waals surface area contributed by atoms with Crippen molar-refractivity contribution in [2.45, 2.75) is 126 Å². The van der Waals surface area contributed by atoms with Crippen molar-refractivity contribution in [2.75, 3.05) is 94.2 Å². The van der Waals surface area contributed by atoms with Crippen LogP contribution in [0.1, 0.15) is 125 Å². The lowest BCUT2D eigenvalue weighted by Gasteiger charge is -2.23. The zero-order valence-corrected chi connectivity index (χ0v) is 78.7. The van der Waals surface area contributed by atoms with Crippen LogP contribution in [0.25, 0.3) is 0 Å². The third kappa shape index (κ3) is 60.7. The van der Waals surface area contributed by atoms with E-state index in [-0.39, 0.29) is 99.2 Å². The fourth-order valence-electron chi connectivity index (χ4n) is 8.62. The van der Waals surface area contributed by atoms with E-state index in [4.69, 9.17) is 85.4 Å². The number of nitrogens with one attached hydrogen (secondary N) is 8. The number of aromatic nitrogens is 2. The Labute approximate surface area is 736 Å². The molecule has 64 heteroatoms. The van der Waals surface area contributed by atoms with Gasteiger partial charge in [0.05, 0.1) is 79.1 Å². The van der Waals surface area contributed by atoms with E-state index in [9.17, 15) is 99.3 Å². The number of carbonyl (C=O) groups is 8. The van der Waals surface area contributed by atoms with Gasteiger partial charge in [0.25, 0.3) is 0 Å². The summed E-state index contributed by atoms with van der Waals surface area (Å²) in [6.45, 7) is 11.6. The first-order valence-corrected chi connectivity index (χ1v) is 52.2. The molecule has 0 saturated carbocycles. The Hall–Kier alpha value is -7.18. The van der Waals surface area contributed by atoms with Crippen LogP contribution in [-0.2, 0) is 74.9 Å². The van der Waals surface area contributed by atoms with Crippen molar-refractivity contribution >= 4 is 110 Å². The number of pyridine rings is 2. The van der Waals surface area contributed by atoms with Gasteiger partial charge in [0, 0.05) is 65.3 Å². The highest BCUT2D eigenvalue weighted by atomic mass is 31.2. The third-order valence-corrected chi connectivity index (χ3v) is 26.5. The third-order valence-electron chi connectivity index (χ3n) is 15.7. The van der Waals surface area contributed by atoms with Crippen LogP contribution in [0.2, 0.25) is 0 Å². The number of benzene rings is 2. The highest BCUT2D eigenvalue weighted by molar-refractivity contribution is 7.58. The molecule has 0 bridgehead atoms. The summed E-state index contributed by atoms with van der Waals surface area (Å²) >= 11 is 0. The second-order valence-electron chi connectivity index (χ2n) is 26.5. The quantitative estimate of drug-likeness (QED) is 0.00978. The van der Waals surface area contributed by atoms with Crippen molar-refractivity contribution in [3.8, 4) is 11.5 Å². The molecule has 28 N–H and O–H groups in total. The smallest absolute Gasteiger partial charge is 0.346 e. The van der Waals surface area contributed by atoms with Gasteiger partial charge in [-0.3, -0.25) is 169 Å². The van der Waals surface area contributed by atoms with E-state index in [2.05, 4.69) is 52.5 Å². The summed E-state index contributed by atoms with van der Waals surface area (Å²) in [5.74, 6) is -7.72. The molecule has 12 atom stereocenters. The number of carbonyl (C=O) groups excluding carboxylic acids is 8. The number of rotatable bonds is 50. The highest BCUT2D eigenvalue weighted by Crippen LogP contribution is 2.53. The standard InChI is InChI=1S/C11H17N2O5P.C10H15N2O6P.C9H14N3O4P.C8H12N3O5P.C8H19N2O4P.C7H17N2O5P.C6H15N2O4P.C5H13N2O5P/c1-18-10-5-3-9(4-6-10)11(19(2,16)17)12-7-13(15)8-14;1-18-9-4-2-8(3-5-9)10(19(15,16)17)11-6-12(14)7-13;1-17(15,16)9(11-6-12(14)7-13)8-3-2-4-10-5-8;12-6-11(13)5-10-8(17(14,15)16)7-2-1-3-9-4-7;1-3-4-5-8(15(2,13)14)9-6-10(12)7-11;1-2-3-4-7(15(12,13)14)8-5-9(11)6-10;1-5(13(3,11)12)7-4-8(10)6(2)9;1-4(13(10,11)12)6-3-7(9)5(2)8/h3-6,8,11-12,15H,7H2,1-2H3,(H,16,17);2-5,7,10-11,14H,6H2,1H3,(H2,15,16,17);2-5,7,9,11,14H,6H2,1H3,(H,15,16);1-4,6,8,10,13H,5H2,(H2,14,15,16);7-9,12H,3-6H2,1-2H3,(H,13,14);6-8,11H,2-5H2,1H3,(H2,12,13,14);5,7,10H,4H2,1-3H3,(H,11,12);4,6,9H,3H2,1-2H3,(H2,10,11,12). The zero-order valence-electron chi connectivity index (χ0n) is 71.6. The fourth-order valence-corrected chi connectivity index (χ4v) is 15.3. The molecule has 0 aliphatic rings. The summed E-state index contributed by atoms with van der Waals surface area (Å²) < 4.78 is 100. The first-order valence-electron chi connectivity index (χ1n) is 36.7. The van der Waals surface area contributed by atoms with E-state index in [1.807, 2.05) is 13.8 Å². The Bertz CT molecular complexity index is 3940. The minimum atomic E-state index is -4.49. The minimum absolute atomic E-state index is 0.118. The van der Waals surface area contributed by atoms with Gasteiger partial charge in [-0.2, -0.15) is 0 Å². The molecule has 0 fully saturated rings. The molecule has 0 aliphatic heterocycles. The summed E-state index contributed by atoms with van der Waals surface area (Å²) in [7, 11) is -27.8. The Morgan fingerprint density at radius 1 is 0.359 bits per heavy atom. The van der Waals surface area contributed by atoms with Crippen LogP contribution in [0.4, 0.5) is 0 Å². The monoisotopic (exact) mass is 2000 g/mol. The van der Waals surface area contributed by atoms with Gasteiger partial charge in [-0.25, -0.2) is 40.5 Å². The Kier molecular flexibility index (Phi) is 65.0. The number of nitrogens with zero attached hydrogens (tertiary/aromatic N) is 10. The SMILES string of the molecule is CC(=O)N(O)CNC(C)P(=O)(O)O.CC(=O)N(O)CNC(C)P(C)(=O)O.CCCCC(NCN(O)C=O)P(=O)(O)O.CCCCC(NCN(O)C=O)P(C)(=O)O.COc1ccc(C(NCN(O)C=O)P(=O)(O)O)cc1.COc1ccc(C(NCN(O)C=O)P(C)(=O)O)cc1.CP(=O)(O)C(NCN(O)C=O)c1cccnc1.O=CN(O)CNC(c1cccnc1)P(=O)(O)O. The summed E-state index contributed by atoms with van der Waals surface area (Å²) in [5.41, 5.74) is 1.65. The van der Waals surface area contributed by atoms with Crippen molar-refractivity contribution in [3.05, 3.63) is 120 Å². The topological polar surface area (TPSA) is 844 Å². The second kappa shape index (κ2) is 65.4. The molecule has 0 aliphatic carbocycles. The largest absolute Gasteiger partial charge is 0.497 e. The molecule has 12 unspecified atom stereocenters. The van der Waals surface area contributed by atoms with Crippen LogP contribution < -0.4 is 52.0 Å². The van der Waals surface area contributed by atoms with Gasteiger partial charge in [0.1, 0.15) is 46.2 Å². The van der Waals surface area contributed by atoms with Crippen LogP contribution in [0, 0.1) is 0 Å². The predicted octanol–water partition coefficient (Wildman–Crippen LogP) is 1.47. The van der Waals surface area contributed by atoms with Crippen LogP contribution in [-0.4, -0.2) is 318 Å². The molecule has 128 heavy (non-hydrogen) atoms. The summed E-state index contributed by atoms with van der Waals surface area (Å²) in [4.78, 5) is 199. The van der Waals surface area contributed by atoms with Crippen molar-refractivity contribution < 1.29 is 185 Å². The van der Waals surface area contributed by atoms with E-state index in [1.54, 1.807) is 54.7 Å². The molecule has 56 nitrogen and oxygen atoms in total. The fraction of sp³-hybridized carbons (Fsp3) is 0.531. The summed E-state index contributed by atoms with van der Waals surface area (Å²) in [6, 6.07) is 19.0. The van der Waals surface area contributed by atoms with Gasteiger partial charge in [0.15, 0.2) is 0 Å². The minimum Gasteiger partial charge on any atom is -0.497 e. The van der Waals surface area contributed by atoms with Gasteiger partial charge in [0.2, 0.25) is 79.8 Å². The van der Waals surface area contributed by atoms with E-state index in [0.29, 0.717) is 72.8 Å². The van der Waals surface area contributed by atoms with Crippen molar-refractivity contribution in [1.82, 2.24) is 93.0 Å². The lowest BCUT2D eigenvalue weighted by atomic mass is 10.2. The maximum Gasteiger partial charge on any atom is 0.346 e. The van der Waals surface area contributed by atoms with Gasteiger partial charge >= 0.3 is 30.4 Å². The van der Waals surface area contributed by atoms with Gasteiger partial charge in [-0.15, -0.1) is 0 Å². The number of hydroxylamine groups is 16. The summed E-state index contributed by atoms with van der Waals surface area (Å²) in [5, 5.41) is 93.6. The van der Waals surface area contributed by atoms with E-state index < -0.39 is 131 Å². The van der Waals surface area contributed by atoms with Crippen LogP contribution >= 0.6 is 59.9 Å². The molecule has 4 aromatic rings. The number of amides is 8. The summed E-state index contributed by atoms with van der Waals surface area (Å²) in [6.07, 6.45) is 10.9. The van der Waals surface area contributed by atoms with Crippen molar-refractivity contribution in [3.63, 3.8) is 0 Å². The molecule has 2 heterocycles. The molecule has 4 rings (SSSR count). The molecule has 8 amide bonds. The first-order chi connectivity index (χ1) is 59.0. The zero-order chi connectivity index (χ0) is 99.8. The Morgan fingerprint density at radius 3 is 0.883 bits per heavy atom. The first kappa shape index (κ1) is 127. The Morgan fingerprint density at radius 2 is 0.633 bits per heavy atom. The van der Waals surface area contributed by atoms with Crippen LogP contribution in [0.3, 0.4) is 0 Å².